The molecule has 18 heavy (non-hydrogen) atoms. The average Bonchev–Trinajstić information content (AvgIpc) is 2.36. The maximum atomic E-state index is 11.6. The van der Waals surface area contributed by atoms with Gasteiger partial charge in [-0.1, -0.05) is 30.3 Å². The highest BCUT2D eigenvalue weighted by atomic mass is 16.6. The smallest absolute Gasteiger partial charge is 0.335 e. The fourth-order valence-electron chi connectivity index (χ4n) is 1.25. The van der Waals surface area contributed by atoms with E-state index in [1.807, 2.05) is 30.3 Å². The zero-order chi connectivity index (χ0) is 13.5. The molecule has 0 saturated carbocycles. The molecule has 2 unspecified atom stereocenters. The van der Waals surface area contributed by atoms with Gasteiger partial charge in [0.05, 0.1) is 0 Å². The Morgan fingerprint density at radius 1 is 1.28 bits per heavy atom. The molecule has 0 aromatic heterocycles. The number of aliphatic hydroxyl groups excluding tert-OH is 1. The first-order chi connectivity index (χ1) is 8.50. The fraction of sp³-hybridized carbons (Fsp3) is 0.385. The third-order valence-electron chi connectivity index (χ3n) is 2.31. The Bertz CT molecular complexity index is 403. The Labute approximate surface area is 106 Å². The normalized spacial score (nSPS) is 13.5. The van der Waals surface area contributed by atoms with E-state index in [9.17, 15) is 9.59 Å². The van der Waals surface area contributed by atoms with E-state index in [0.717, 1.165) is 5.56 Å². The number of carbonyl (C=O) groups excluding carboxylic acids is 2. The predicted molar refractivity (Wildman–Crippen MR) is 65.5 cm³/mol. The molecule has 0 radical (unpaired) electrons. The van der Waals surface area contributed by atoms with E-state index in [1.54, 1.807) is 0 Å². The lowest BCUT2D eigenvalue weighted by Gasteiger charge is -2.14. The fourth-order valence-corrected chi connectivity index (χ4v) is 1.25. The first kappa shape index (κ1) is 14.2. The molecule has 0 aliphatic heterocycles. The number of amides is 1. The number of carbonyl (C=O) groups is 2. The molecule has 2 atom stereocenters. The van der Waals surface area contributed by atoms with Crippen LogP contribution in [0.2, 0.25) is 0 Å². The van der Waals surface area contributed by atoms with Gasteiger partial charge in [0.25, 0.3) is 5.91 Å². The molecule has 0 aliphatic carbocycles. The lowest BCUT2D eigenvalue weighted by atomic mass is 10.2. The molecule has 0 fully saturated rings. The van der Waals surface area contributed by atoms with Gasteiger partial charge < -0.3 is 15.2 Å². The van der Waals surface area contributed by atoms with E-state index in [4.69, 9.17) is 9.84 Å². The van der Waals surface area contributed by atoms with E-state index in [-0.39, 0.29) is 0 Å². The Balaban J connectivity index is 2.39. The first-order valence-electron chi connectivity index (χ1n) is 5.71. The minimum absolute atomic E-state index is 0.371. The second kappa shape index (κ2) is 6.76. The van der Waals surface area contributed by atoms with Crippen LogP contribution in [0.1, 0.15) is 19.4 Å². The van der Waals surface area contributed by atoms with Crippen LogP contribution < -0.4 is 5.32 Å². The summed E-state index contributed by atoms with van der Waals surface area (Å²) in [4.78, 5) is 22.7. The summed E-state index contributed by atoms with van der Waals surface area (Å²) in [6.07, 6.45) is -2.15. The highest BCUT2D eigenvalue weighted by Gasteiger charge is 2.19. The first-order valence-corrected chi connectivity index (χ1v) is 5.71. The Hall–Kier alpha value is -1.88. The van der Waals surface area contributed by atoms with E-state index >= 15 is 0 Å². The molecule has 0 heterocycles. The summed E-state index contributed by atoms with van der Waals surface area (Å²) in [5.74, 6) is -1.20. The van der Waals surface area contributed by atoms with Crippen LogP contribution in [0.3, 0.4) is 0 Å². The van der Waals surface area contributed by atoms with Gasteiger partial charge in [0.1, 0.15) is 6.10 Å². The van der Waals surface area contributed by atoms with Crippen molar-refractivity contribution in [3.05, 3.63) is 35.9 Å². The Morgan fingerprint density at radius 3 is 2.44 bits per heavy atom. The van der Waals surface area contributed by atoms with Gasteiger partial charge >= 0.3 is 5.97 Å². The van der Waals surface area contributed by atoms with Gasteiger partial charge in [-0.25, -0.2) is 4.79 Å². The highest BCUT2D eigenvalue weighted by molar-refractivity contribution is 5.84. The van der Waals surface area contributed by atoms with Crippen molar-refractivity contribution < 1.29 is 19.4 Å². The molecule has 0 spiro atoms. The molecule has 5 nitrogen and oxygen atoms in total. The lowest BCUT2D eigenvalue weighted by Crippen LogP contribution is -2.37. The molecule has 2 N–H and O–H groups in total. The van der Waals surface area contributed by atoms with Crippen LogP contribution in [-0.4, -0.2) is 29.2 Å². The van der Waals surface area contributed by atoms with Crippen LogP contribution in [0, 0.1) is 0 Å². The zero-order valence-electron chi connectivity index (χ0n) is 10.4. The minimum Gasteiger partial charge on any atom is -0.451 e. The SMILES string of the molecule is CC(O)C(=O)OC(C)C(=O)NCc1ccccc1. The number of esters is 1. The van der Waals surface area contributed by atoms with Crippen molar-refractivity contribution in [3.63, 3.8) is 0 Å². The second-order valence-corrected chi connectivity index (χ2v) is 3.96. The number of benzene rings is 1. The number of hydrogen-bond acceptors (Lipinski definition) is 4. The summed E-state index contributed by atoms with van der Waals surface area (Å²) >= 11 is 0. The molecule has 1 aromatic carbocycles. The summed E-state index contributed by atoms with van der Waals surface area (Å²) in [6, 6.07) is 9.40. The minimum atomic E-state index is -1.23. The Morgan fingerprint density at radius 2 is 1.89 bits per heavy atom. The van der Waals surface area contributed by atoms with Gasteiger partial charge in [0, 0.05) is 6.54 Å². The number of rotatable bonds is 5. The molecule has 0 bridgehead atoms. The maximum Gasteiger partial charge on any atom is 0.335 e. The quantitative estimate of drug-likeness (QED) is 0.752. The molecular weight excluding hydrogens is 234 g/mol. The predicted octanol–water partition coefficient (Wildman–Crippen LogP) is 0.615. The number of hydrogen-bond donors (Lipinski definition) is 2. The number of ether oxygens (including phenoxy) is 1. The summed E-state index contributed by atoms with van der Waals surface area (Å²) in [7, 11) is 0. The monoisotopic (exact) mass is 251 g/mol. The van der Waals surface area contributed by atoms with Crippen molar-refractivity contribution in [2.45, 2.75) is 32.6 Å². The zero-order valence-corrected chi connectivity index (χ0v) is 10.4. The van der Waals surface area contributed by atoms with Crippen LogP contribution >= 0.6 is 0 Å². The molecule has 0 aliphatic rings. The molecule has 0 saturated heterocycles. The van der Waals surface area contributed by atoms with Crippen LogP contribution in [0.5, 0.6) is 0 Å². The van der Waals surface area contributed by atoms with Crippen LogP contribution in [0.25, 0.3) is 0 Å². The van der Waals surface area contributed by atoms with Gasteiger partial charge in [-0.05, 0) is 19.4 Å². The van der Waals surface area contributed by atoms with Gasteiger partial charge in [0.2, 0.25) is 0 Å². The maximum absolute atomic E-state index is 11.6. The van der Waals surface area contributed by atoms with Crippen molar-refractivity contribution in [1.82, 2.24) is 5.32 Å². The van der Waals surface area contributed by atoms with Crippen molar-refractivity contribution in [2.24, 2.45) is 0 Å². The van der Waals surface area contributed by atoms with Crippen LogP contribution in [-0.2, 0) is 20.9 Å². The lowest BCUT2D eigenvalue weighted by molar-refractivity contribution is -0.162. The number of nitrogens with one attached hydrogen (secondary N) is 1. The molecule has 5 heteroatoms. The topological polar surface area (TPSA) is 75.6 Å². The van der Waals surface area contributed by atoms with Crippen LogP contribution in [0.4, 0.5) is 0 Å². The summed E-state index contributed by atoms with van der Waals surface area (Å²) in [6.45, 7) is 3.12. The van der Waals surface area contributed by atoms with Crippen molar-refractivity contribution in [1.29, 1.82) is 0 Å². The second-order valence-electron chi connectivity index (χ2n) is 3.96. The largest absolute Gasteiger partial charge is 0.451 e. The summed E-state index contributed by atoms with van der Waals surface area (Å²) in [5, 5.41) is 11.6. The van der Waals surface area contributed by atoms with E-state index in [1.165, 1.54) is 13.8 Å². The van der Waals surface area contributed by atoms with Crippen molar-refractivity contribution in [2.75, 3.05) is 0 Å². The molecule has 1 rings (SSSR count). The van der Waals surface area contributed by atoms with E-state index in [0.29, 0.717) is 6.54 Å². The molecule has 98 valence electrons. The number of aliphatic hydroxyl groups is 1. The highest BCUT2D eigenvalue weighted by Crippen LogP contribution is 1.99. The summed E-state index contributed by atoms with van der Waals surface area (Å²) < 4.78 is 4.76. The van der Waals surface area contributed by atoms with Gasteiger partial charge in [-0.15, -0.1) is 0 Å². The summed E-state index contributed by atoms with van der Waals surface area (Å²) in [5.41, 5.74) is 0.958. The van der Waals surface area contributed by atoms with Gasteiger partial charge in [-0.2, -0.15) is 0 Å². The van der Waals surface area contributed by atoms with E-state index < -0.39 is 24.1 Å². The third kappa shape index (κ3) is 4.55. The Kier molecular flexibility index (Phi) is 5.32. The van der Waals surface area contributed by atoms with Gasteiger partial charge in [0.15, 0.2) is 6.10 Å². The molecule has 1 amide bonds. The van der Waals surface area contributed by atoms with Crippen LogP contribution in [0.15, 0.2) is 30.3 Å². The third-order valence-corrected chi connectivity index (χ3v) is 2.31. The molecule has 1 aromatic rings. The molecular formula is C13H17NO4. The van der Waals surface area contributed by atoms with Gasteiger partial charge in [-0.3, -0.25) is 4.79 Å². The van der Waals surface area contributed by atoms with E-state index in [2.05, 4.69) is 5.32 Å². The average molecular weight is 251 g/mol. The standard InChI is InChI=1S/C13H17NO4/c1-9(15)13(17)18-10(2)12(16)14-8-11-6-4-3-5-7-11/h3-7,9-10,15H,8H2,1-2H3,(H,14,16). The van der Waals surface area contributed by atoms with Crippen molar-refractivity contribution >= 4 is 11.9 Å². The van der Waals surface area contributed by atoms with Crippen molar-refractivity contribution in [3.8, 4) is 0 Å².